The number of methoxy groups -OCH3 is 3. The summed E-state index contributed by atoms with van der Waals surface area (Å²) >= 11 is 0. The quantitative estimate of drug-likeness (QED) is 0.704. The van der Waals surface area contributed by atoms with Crippen LogP contribution in [0.3, 0.4) is 0 Å². The molecule has 0 fully saturated rings. The molecule has 1 aromatic heterocycles. The average molecular weight is 381 g/mol. The summed E-state index contributed by atoms with van der Waals surface area (Å²) in [6.45, 7) is 3.92. The number of hydrogen-bond acceptors (Lipinski definition) is 5. The average Bonchev–Trinajstić information content (AvgIpc) is 3.09. The largest absolute Gasteiger partial charge is 0.493 e. The van der Waals surface area contributed by atoms with Crippen LogP contribution in [0.5, 0.6) is 17.2 Å². The fraction of sp³-hybridized carbons (Fsp3) is 0.238. The first-order valence-electron chi connectivity index (χ1n) is 8.72. The minimum Gasteiger partial charge on any atom is -0.493 e. The minimum atomic E-state index is -0.330. The molecule has 0 unspecified atom stereocenters. The Hall–Kier alpha value is -3.48. The highest BCUT2D eigenvalue weighted by Crippen LogP contribution is 2.40. The van der Waals surface area contributed by atoms with Crippen molar-refractivity contribution < 1.29 is 19.0 Å². The molecule has 1 heterocycles. The van der Waals surface area contributed by atoms with Crippen molar-refractivity contribution in [1.29, 1.82) is 0 Å². The third-order valence-electron chi connectivity index (χ3n) is 4.29. The predicted molar refractivity (Wildman–Crippen MR) is 107 cm³/mol. The van der Waals surface area contributed by atoms with Gasteiger partial charge in [0.15, 0.2) is 17.2 Å². The SMILES string of the molecule is COc1cc(NC(=O)c2cc(C)n(-c3cccc(C)c3)n2)cc(OC)c1OC. The van der Waals surface area contributed by atoms with Gasteiger partial charge in [-0.2, -0.15) is 5.10 Å². The Labute approximate surface area is 163 Å². The number of hydrogen-bond donors (Lipinski definition) is 1. The van der Waals surface area contributed by atoms with Gasteiger partial charge in [0.2, 0.25) is 5.75 Å². The molecule has 0 saturated carbocycles. The Morgan fingerprint density at radius 2 is 1.64 bits per heavy atom. The van der Waals surface area contributed by atoms with Crippen molar-refractivity contribution in [2.24, 2.45) is 0 Å². The van der Waals surface area contributed by atoms with Crippen molar-refractivity contribution in [3.05, 3.63) is 59.4 Å². The van der Waals surface area contributed by atoms with Crippen molar-refractivity contribution in [3.63, 3.8) is 0 Å². The van der Waals surface area contributed by atoms with Gasteiger partial charge < -0.3 is 19.5 Å². The first-order chi connectivity index (χ1) is 13.5. The fourth-order valence-electron chi connectivity index (χ4n) is 2.95. The summed E-state index contributed by atoms with van der Waals surface area (Å²) in [5.41, 5.74) is 3.72. The molecule has 2 aromatic carbocycles. The molecule has 146 valence electrons. The molecule has 1 amide bonds. The molecular formula is C21H23N3O4. The van der Waals surface area contributed by atoms with Gasteiger partial charge in [0, 0.05) is 23.5 Å². The zero-order valence-corrected chi connectivity index (χ0v) is 16.6. The van der Waals surface area contributed by atoms with E-state index < -0.39 is 0 Å². The maximum Gasteiger partial charge on any atom is 0.276 e. The normalized spacial score (nSPS) is 10.5. The van der Waals surface area contributed by atoms with E-state index in [4.69, 9.17) is 14.2 Å². The molecule has 0 saturated heterocycles. The van der Waals surface area contributed by atoms with Crippen molar-refractivity contribution >= 4 is 11.6 Å². The molecule has 0 bridgehead atoms. The lowest BCUT2D eigenvalue weighted by Crippen LogP contribution is -2.13. The Bertz CT molecular complexity index is 986. The van der Waals surface area contributed by atoms with Crippen LogP contribution < -0.4 is 19.5 Å². The number of ether oxygens (including phenoxy) is 3. The standard InChI is InChI=1S/C21H23N3O4/c1-13-7-6-8-16(9-13)24-14(2)10-17(23-24)21(25)22-15-11-18(26-3)20(28-5)19(12-15)27-4/h6-12H,1-5H3,(H,22,25). The molecule has 0 aliphatic carbocycles. The topological polar surface area (TPSA) is 74.6 Å². The molecule has 0 spiro atoms. The molecule has 3 rings (SSSR count). The Morgan fingerprint density at radius 1 is 0.964 bits per heavy atom. The highest BCUT2D eigenvalue weighted by molar-refractivity contribution is 6.03. The number of nitrogens with one attached hydrogen (secondary N) is 1. The number of benzene rings is 2. The van der Waals surface area contributed by atoms with Gasteiger partial charge in [-0.3, -0.25) is 4.79 Å². The lowest BCUT2D eigenvalue weighted by atomic mass is 10.2. The molecule has 28 heavy (non-hydrogen) atoms. The molecule has 0 atom stereocenters. The molecule has 7 heteroatoms. The van der Waals surface area contributed by atoms with Gasteiger partial charge in [0.05, 0.1) is 27.0 Å². The predicted octanol–water partition coefficient (Wildman–Crippen LogP) is 3.77. The zero-order valence-electron chi connectivity index (χ0n) is 16.6. The minimum absolute atomic E-state index is 0.313. The molecule has 3 aromatic rings. The van der Waals surface area contributed by atoms with Crippen LogP contribution >= 0.6 is 0 Å². The number of rotatable bonds is 6. The first-order valence-corrected chi connectivity index (χ1v) is 8.72. The molecule has 0 aliphatic rings. The summed E-state index contributed by atoms with van der Waals surface area (Å²) in [5, 5.41) is 7.29. The smallest absolute Gasteiger partial charge is 0.276 e. The van der Waals surface area contributed by atoms with E-state index in [1.54, 1.807) is 22.9 Å². The molecular weight excluding hydrogens is 358 g/mol. The summed E-state index contributed by atoms with van der Waals surface area (Å²) < 4.78 is 17.7. The Balaban J connectivity index is 1.89. The van der Waals surface area contributed by atoms with E-state index >= 15 is 0 Å². The van der Waals surface area contributed by atoms with Crippen molar-refractivity contribution in [1.82, 2.24) is 9.78 Å². The number of nitrogens with zero attached hydrogens (tertiary/aromatic N) is 2. The van der Waals surface area contributed by atoms with Crippen LogP contribution in [0.2, 0.25) is 0 Å². The number of aromatic nitrogens is 2. The third-order valence-corrected chi connectivity index (χ3v) is 4.29. The van der Waals surface area contributed by atoms with Crippen LogP contribution in [0.4, 0.5) is 5.69 Å². The van der Waals surface area contributed by atoms with Crippen LogP contribution in [0.1, 0.15) is 21.7 Å². The van der Waals surface area contributed by atoms with Crippen LogP contribution in [-0.4, -0.2) is 37.0 Å². The van der Waals surface area contributed by atoms with Crippen LogP contribution in [0, 0.1) is 13.8 Å². The van der Waals surface area contributed by atoms with Gasteiger partial charge in [-0.05, 0) is 37.6 Å². The lowest BCUT2D eigenvalue weighted by Gasteiger charge is -2.14. The molecule has 7 nitrogen and oxygen atoms in total. The summed E-state index contributed by atoms with van der Waals surface area (Å²) in [7, 11) is 4.57. The molecule has 1 N–H and O–H groups in total. The second kappa shape index (κ2) is 8.04. The highest BCUT2D eigenvalue weighted by atomic mass is 16.5. The monoisotopic (exact) mass is 381 g/mol. The van der Waals surface area contributed by atoms with Gasteiger partial charge in [-0.1, -0.05) is 12.1 Å². The molecule has 0 aliphatic heterocycles. The van der Waals surface area contributed by atoms with E-state index in [2.05, 4.69) is 10.4 Å². The number of amides is 1. The highest BCUT2D eigenvalue weighted by Gasteiger charge is 2.17. The number of anilines is 1. The molecule has 0 radical (unpaired) electrons. The van der Waals surface area contributed by atoms with Crippen LogP contribution in [0.25, 0.3) is 5.69 Å². The number of carbonyl (C=O) groups excluding carboxylic acids is 1. The fourth-order valence-corrected chi connectivity index (χ4v) is 2.95. The van der Waals surface area contributed by atoms with Gasteiger partial charge in [0.1, 0.15) is 0 Å². The first kappa shape index (κ1) is 19.3. The van der Waals surface area contributed by atoms with E-state index in [9.17, 15) is 4.79 Å². The van der Waals surface area contributed by atoms with E-state index in [1.165, 1.54) is 21.3 Å². The number of aryl methyl sites for hydroxylation is 2. The Morgan fingerprint density at radius 3 is 2.21 bits per heavy atom. The summed E-state index contributed by atoms with van der Waals surface area (Å²) in [5.74, 6) is 1.04. The summed E-state index contributed by atoms with van der Waals surface area (Å²) in [6, 6.07) is 13.0. The van der Waals surface area contributed by atoms with Gasteiger partial charge >= 0.3 is 0 Å². The van der Waals surface area contributed by atoms with E-state index in [-0.39, 0.29) is 5.91 Å². The van der Waals surface area contributed by atoms with Gasteiger partial charge in [-0.15, -0.1) is 0 Å². The second-order valence-electron chi connectivity index (χ2n) is 6.29. The Kier molecular flexibility index (Phi) is 5.54. The zero-order chi connectivity index (χ0) is 20.3. The van der Waals surface area contributed by atoms with Gasteiger partial charge in [0.25, 0.3) is 5.91 Å². The van der Waals surface area contributed by atoms with E-state index in [1.807, 2.05) is 38.1 Å². The van der Waals surface area contributed by atoms with Crippen molar-refractivity contribution in [2.75, 3.05) is 26.6 Å². The lowest BCUT2D eigenvalue weighted by molar-refractivity contribution is 0.102. The van der Waals surface area contributed by atoms with Crippen LogP contribution in [-0.2, 0) is 0 Å². The summed E-state index contributed by atoms with van der Waals surface area (Å²) in [4.78, 5) is 12.7. The third kappa shape index (κ3) is 3.78. The van der Waals surface area contributed by atoms with E-state index in [0.717, 1.165) is 16.9 Å². The summed E-state index contributed by atoms with van der Waals surface area (Å²) in [6.07, 6.45) is 0. The van der Waals surface area contributed by atoms with Crippen LogP contribution in [0.15, 0.2) is 42.5 Å². The second-order valence-corrected chi connectivity index (χ2v) is 6.29. The van der Waals surface area contributed by atoms with Gasteiger partial charge in [-0.25, -0.2) is 4.68 Å². The van der Waals surface area contributed by atoms with Crippen molar-refractivity contribution in [3.8, 4) is 22.9 Å². The number of carbonyl (C=O) groups is 1. The maximum absolute atomic E-state index is 12.7. The van der Waals surface area contributed by atoms with Crippen molar-refractivity contribution in [2.45, 2.75) is 13.8 Å². The van der Waals surface area contributed by atoms with E-state index in [0.29, 0.717) is 28.6 Å². The maximum atomic E-state index is 12.7.